The van der Waals surface area contributed by atoms with Gasteiger partial charge in [-0.15, -0.1) is 10.2 Å². The summed E-state index contributed by atoms with van der Waals surface area (Å²) in [5, 5.41) is 17.4. The highest BCUT2D eigenvalue weighted by atomic mass is 35.5. The fraction of sp³-hybridized carbons (Fsp3) is 0.550. The lowest BCUT2D eigenvalue weighted by molar-refractivity contribution is -0.366. The van der Waals surface area contributed by atoms with Crippen LogP contribution in [0.15, 0.2) is 24.3 Å². The van der Waals surface area contributed by atoms with Gasteiger partial charge in [-0.05, 0) is 55.1 Å². The molecular weight excluding hydrogens is 437 g/mol. The zero-order chi connectivity index (χ0) is 21.4. The second kappa shape index (κ2) is 8.08. The largest absolute Gasteiger partial charge is 0.418 e. The maximum absolute atomic E-state index is 14.2. The molecule has 2 atom stereocenters. The van der Waals surface area contributed by atoms with Crippen molar-refractivity contribution in [1.82, 2.24) is 15.1 Å². The molecule has 3 heterocycles. The van der Waals surface area contributed by atoms with Crippen LogP contribution < -0.4 is 0 Å². The first-order valence-electron chi connectivity index (χ1n) is 9.67. The number of likely N-dealkylation sites (tertiary alicyclic amines) is 1. The summed E-state index contributed by atoms with van der Waals surface area (Å²) in [4.78, 5) is 1.99. The lowest BCUT2D eigenvalue weighted by Gasteiger charge is -2.54. The second-order valence-electron chi connectivity index (χ2n) is 7.92. The maximum atomic E-state index is 14.2. The molecule has 0 unspecified atom stereocenters. The van der Waals surface area contributed by atoms with Crippen molar-refractivity contribution >= 4 is 22.9 Å². The SMILES string of the molecule is N#Cc1ccc(CC[C@@]2([C@@]3(C(F)(F)F)CCO3)CCN(Cc3nnc(Cl)s3)C2)cc1. The number of alkyl halides is 3. The standard InChI is InChI=1S/C20H20ClF3N4OS/c21-17-27-26-16(30-17)12-28-9-7-18(13-28,19(8-10-29-19)20(22,23)24)6-5-14-1-3-15(11-25)4-2-14/h1-4H,5-10,12-13H2/t18-,19-/m1/s1. The molecule has 5 nitrogen and oxygen atoms in total. The first-order chi connectivity index (χ1) is 14.3. The number of nitriles is 1. The molecule has 0 amide bonds. The molecule has 2 fully saturated rings. The Kier molecular flexibility index (Phi) is 5.79. The van der Waals surface area contributed by atoms with E-state index in [-0.39, 0.29) is 19.6 Å². The van der Waals surface area contributed by atoms with Crippen molar-refractivity contribution in [3.63, 3.8) is 0 Å². The summed E-state index contributed by atoms with van der Waals surface area (Å²) >= 11 is 7.09. The zero-order valence-electron chi connectivity index (χ0n) is 16.1. The van der Waals surface area contributed by atoms with Gasteiger partial charge in [0.2, 0.25) is 4.47 Å². The van der Waals surface area contributed by atoms with Crippen molar-refractivity contribution in [2.24, 2.45) is 5.41 Å². The minimum Gasteiger partial charge on any atom is -0.365 e. The molecule has 0 spiro atoms. The van der Waals surface area contributed by atoms with E-state index in [1.54, 1.807) is 12.1 Å². The Bertz CT molecular complexity index is 939. The van der Waals surface area contributed by atoms with E-state index in [2.05, 4.69) is 16.3 Å². The van der Waals surface area contributed by atoms with Gasteiger partial charge >= 0.3 is 6.18 Å². The van der Waals surface area contributed by atoms with E-state index in [4.69, 9.17) is 21.6 Å². The number of benzene rings is 1. The molecule has 1 aromatic carbocycles. The van der Waals surface area contributed by atoms with Gasteiger partial charge < -0.3 is 4.74 Å². The van der Waals surface area contributed by atoms with Gasteiger partial charge in [0.1, 0.15) is 5.01 Å². The van der Waals surface area contributed by atoms with Crippen molar-refractivity contribution in [2.75, 3.05) is 19.7 Å². The van der Waals surface area contributed by atoms with Crippen LogP contribution in [0.1, 0.15) is 35.4 Å². The second-order valence-corrected chi connectivity index (χ2v) is 9.57. The third-order valence-electron chi connectivity index (χ3n) is 6.33. The smallest absolute Gasteiger partial charge is 0.365 e. The van der Waals surface area contributed by atoms with Crippen LogP contribution in [-0.4, -0.2) is 46.6 Å². The Morgan fingerprint density at radius 3 is 2.50 bits per heavy atom. The summed E-state index contributed by atoms with van der Waals surface area (Å²) in [6.07, 6.45) is -3.20. The molecule has 2 aliphatic heterocycles. The van der Waals surface area contributed by atoms with E-state index in [0.29, 0.717) is 47.4 Å². The van der Waals surface area contributed by atoms with Crippen LogP contribution in [0, 0.1) is 16.7 Å². The van der Waals surface area contributed by atoms with Crippen molar-refractivity contribution < 1.29 is 17.9 Å². The van der Waals surface area contributed by atoms with Gasteiger partial charge in [0.25, 0.3) is 0 Å². The third kappa shape index (κ3) is 3.82. The fourth-order valence-corrected chi connectivity index (χ4v) is 5.61. The Morgan fingerprint density at radius 1 is 1.23 bits per heavy atom. The molecule has 1 aromatic heterocycles. The number of hydrogen-bond donors (Lipinski definition) is 0. The number of aryl methyl sites for hydroxylation is 1. The molecule has 0 N–H and O–H groups in total. The number of hydrogen-bond acceptors (Lipinski definition) is 6. The summed E-state index contributed by atoms with van der Waals surface area (Å²) in [6.45, 7) is 1.37. The molecular formula is C20H20ClF3N4OS. The number of ether oxygens (including phenoxy) is 1. The summed E-state index contributed by atoms with van der Waals surface area (Å²) in [5.41, 5.74) is -1.70. The van der Waals surface area contributed by atoms with Gasteiger partial charge in [-0.25, -0.2) is 0 Å². The summed E-state index contributed by atoms with van der Waals surface area (Å²) in [7, 11) is 0. The van der Waals surface area contributed by atoms with Crippen molar-refractivity contribution in [2.45, 2.75) is 44.0 Å². The molecule has 4 rings (SSSR count). The Labute approximate surface area is 181 Å². The molecule has 160 valence electrons. The minimum absolute atomic E-state index is 0.0116. The van der Waals surface area contributed by atoms with Gasteiger partial charge in [0.05, 0.1) is 24.8 Å². The van der Waals surface area contributed by atoms with E-state index >= 15 is 0 Å². The number of aromatic nitrogens is 2. The van der Waals surface area contributed by atoms with E-state index in [0.717, 1.165) is 5.56 Å². The van der Waals surface area contributed by atoms with Gasteiger partial charge in [0.15, 0.2) is 5.60 Å². The van der Waals surface area contributed by atoms with E-state index < -0.39 is 17.2 Å². The van der Waals surface area contributed by atoms with Crippen molar-refractivity contribution in [3.05, 3.63) is 44.9 Å². The monoisotopic (exact) mass is 456 g/mol. The Hall–Kier alpha value is -1.73. The normalized spacial score (nSPS) is 27.0. The predicted molar refractivity (Wildman–Crippen MR) is 106 cm³/mol. The summed E-state index contributed by atoms with van der Waals surface area (Å²) in [6, 6.07) is 9.07. The molecule has 2 aliphatic rings. The van der Waals surface area contributed by atoms with Gasteiger partial charge in [-0.3, -0.25) is 4.90 Å². The summed E-state index contributed by atoms with van der Waals surface area (Å²) in [5.74, 6) is 0. The van der Waals surface area contributed by atoms with E-state index in [9.17, 15) is 13.2 Å². The van der Waals surface area contributed by atoms with Crippen LogP contribution in [0.5, 0.6) is 0 Å². The molecule has 0 aliphatic carbocycles. The molecule has 2 saturated heterocycles. The van der Waals surface area contributed by atoms with Crippen LogP contribution in [0.2, 0.25) is 4.47 Å². The lowest BCUT2D eigenvalue weighted by Crippen LogP contribution is -2.67. The van der Waals surface area contributed by atoms with Crippen LogP contribution in [0.4, 0.5) is 13.2 Å². The maximum Gasteiger partial charge on any atom is 0.418 e. The lowest BCUT2D eigenvalue weighted by atomic mass is 9.63. The molecule has 30 heavy (non-hydrogen) atoms. The molecule has 10 heteroatoms. The first-order valence-corrected chi connectivity index (χ1v) is 10.9. The molecule has 0 bridgehead atoms. The van der Waals surface area contributed by atoms with E-state index in [1.165, 1.54) is 11.3 Å². The fourth-order valence-electron chi connectivity index (χ4n) is 4.70. The van der Waals surface area contributed by atoms with Crippen LogP contribution in [0.3, 0.4) is 0 Å². The average molecular weight is 457 g/mol. The van der Waals surface area contributed by atoms with Gasteiger partial charge in [-0.1, -0.05) is 23.5 Å². The highest BCUT2D eigenvalue weighted by molar-refractivity contribution is 7.15. The number of rotatable bonds is 6. The van der Waals surface area contributed by atoms with Crippen molar-refractivity contribution in [1.29, 1.82) is 5.26 Å². The van der Waals surface area contributed by atoms with E-state index in [1.807, 2.05) is 17.0 Å². The molecule has 2 aromatic rings. The minimum atomic E-state index is -4.43. The number of nitrogens with zero attached hydrogens (tertiary/aromatic N) is 4. The zero-order valence-corrected chi connectivity index (χ0v) is 17.7. The Balaban J connectivity index is 1.56. The highest BCUT2D eigenvalue weighted by Gasteiger charge is 2.71. The summed E-state index contributed by atoms with van der Waals surface area (Å²) < 4.78 is 48.3. The third-order valence-corrected chi connectivity index (χ3v) is 7.33. The first kappa shape index (κ1) is 21.5. The van der Waals surface area contributed by atoms with Crippen LogP contribution in [-0.2, 0) is 17.7 Å². The average Bonchev–Trinajstić information content (AvgIpc) is 3.25. The Morgan fingerprint density at radius 2 is 1.97 bits per heavy atom. The number of halogens is 4. The van der Waals surface area contributed by atoms with Gasteiger partial charge in [-0.2, -0.15) is 18.4 Å². The van der Waals surface area contributed by atoms with Crippen molar-refractivity contribution in [3.8, 4) is 6.07 Å². The quantitative estimate of drug-likeness (QED) is 0.635. The van der Waals surface area contributed by atoms with Crippen LogP contribution in [0.25, 0.3) is 0 Å². The highest BCUT2D eigenvalue weighted by Crippen LogP contribution is 2.59. The predicted octanol–water partition coefficient (Wildman–Crippen LogP) is 4.61. The topological polar surface area (TPSA) is 62.0 Å². The molecule has 0 radical (unpaired) electrons. The van der Waals surface area contributed by atoms with Gasteiger partial charge in [0, 0.05) is 18.4 Å². The molecule has 0 saturated carbocycles. The van der Waals surface area contributed by atoms with Crippen LogP contribution >= 0.6 is 22.9 Å².